The lowest BCUT2D eigenvalue weighted by Gasteiger charge is -2.30. The first-order valence-electron chi connectivity index (χ1n) is 7.21. The van der Waals surface area contributed by atoms with Crippen molar-refractivity contribution < 1.29 is 9.26 Å². The summed E-state index contributed by atoms with van der Waals surface area (Å²) in [4.78, 5) is 6.93. The topological polar surface area (TPSA) is 63.4 Å². The number of nitrogens with one attached hydrogen (secondary N) is 1. The van der Waals surface area contributed by atoms with Crippen LogP contribution >= 0.6 is 12.4 Å². The molecule has 1 N–H and O–H groups in total. The molecule has 2 bridgehead atoms. The third-order valence-corrected chi connectivity index (χ3v) is 4.69. The molecule has 4 unspecified atom stereocenters. The van der Waals surface area contributed by atoms with Crippen LogP contribution in [0.2, 0.25) is 0 Å². The number of ether oxygens (including phenoxy) is 1. The van der Waals surface area contributed by atoms with Crippen LogP contribution in [0.3, 0.4) is 0 Å². The number of hydrogen-bond acceptors (Lipinski definition) is 6. The Hall–Kier alpha value is -0.690. The zero-order valence-corrected chi connectivity index (χ0v) is 12.4. The van der Waals surface area contributed by atoms with Gasteiger partial charge in [-0.15, -0.1) is 12.4 Å². The Balaban J connectivity index is 0.00000121. The first kappa shape index (κ1) is 14.3. The number of nitrogens with zero attached hydrogens (tertiary/aromatic N) is 3. The molecule has 20 heavy (non-hydrogen) atoms. The second-order valence-corrected chi connectivity index (χ2v) is 5.91. The fourth-order valence-electron chi connectivity index (χ4n) is 3.53. The summed E-state index contributed by atoms with van der Waals surface area (Å²) < 4.78 is 11.4. The van der Waals surface area contributed by atoms with Crippen LogP contribution in [0.15, 0.2) is 4.52 Å². The normalized spacial score (nSPS) is 37.0. The van der Waals surface area contributed by atoms with E-state index >= 15 is 0 Å². The van der Waals surface area contributed by atoms with E-state index in [-0.39, 0.29) is 18.4 Å². The molecule has 1 aromatic heterocycles. The molecule has 0 aromatic carbocycles. The zero-order valence-electron chi connectivity index (χ0n) is 11.6. The van der Waals surface area contributed by atoms with Gasteiger partial charge < -0.3 is 14.6 Å². The smallest absolute Gasteiger partial charge is 0.232 e. The van der Waals surface area contributed by atoms with Gasteiger partial charge in [0, 0.05) is 19.6 Å². The highest BCUT2D eigenvalue weighted by Gasteiger charge is 2.44. The number of hydrogen-bond donors (Lipinski definition) is 1. The molecule has 3 saturated heterocycles. The fraction of sp³-hybridized carbons (Fsp3) is 0.846. The third-order valence-electron chi connectivity index (χ3n) is 4.69. The summed E-state index contributed by atoms with van der Waals surface area (Å²) in [5, 5.41) is 7.58. The number of halogens is 1. The summed E-state index contributed by atoms with van der Waals surface area (Å²) in [6.45, 7) is 2.94. The minimum absolute atomic E-state index is 0. The van der Waals surface area contributed by atoms with Crippen LogP contribution in [0.25, 0.3) is 0 Å². The summed E-state index contributed by atoms with van der Waals surface area (Å²) in [5.41, 5.74) is 0. The van der Waals surface area contributed by atoms with Gasteiger partial charge in [0.15, 0.2) is 5.82 Å². The summed E-state index contributed by atoms with van der Waals surface area (Å²) in [7, 11) is 2.11. The van der Waals surface area contributed by atoms with E-state index in [9.17, 15) is 0 Å². The van der Waals surface area contributed by atoms with Gasteiger partial charge in [-0.05, 0) is 26.3 Å². The number of aromatic nitrogens is 2. The van der Waals surface area contributed by atoms with Crippen LogP contribution in [-0.4, -0.2) is 53.9 Å². The molecule has 3 aliphatic heterocycles. The van der Waals surface area contributed by atoms with Crippen molar-refractivity contribution in [2.24, 2.45) is 0 Å². The van der Waals surface area contributed by atoms with Gasteiger partial charge in [-0.3, -0.25) is 4.90 Å². The number of likely N-dealkylation sites (N-methyl/N-ethyl adjacent to an activating group) is 1. The highest BCUT2D eigenvalue weighted by atomic mass is 35.5. The maximum atomic E-state index is 5.86. The van der Waals surface area contributed by atoms with Gasteiger partial charge in [-0.1, -0.05) is 5.16 Å². The first-order chi connectivity index (χ1) is 9.31. The van der Waals surface area contributed by atoms with Crippen molar-refractivity contribution in [3.63, 3.8) is 0 Å². The van der Waals surface area contributed by atoms with E-state index < -0.39 is 0 Å². The van der Waals surface area contributed by atoms with Gasteiger partial charge in [0.25, 0.3) is 0 Å². The molecule has 0 saturated carbocycles. The van der Waals surface area contributed by atoms with Gasteiger partial charge in [0.05, 0.1) is 24.2 Å². The van der Waals surface area contributed by atoms with E-state index in [2.05, 4.69) is 27.4 Å². The molecule has 112 valence electrons. The zero-order chi connectivity index (χ0) is 12.8. The number of fused-ring (bicyclic) bond motifs is 2. The van der Waals surface area contributed by atoms with Crippen molar-refractivity contribution in [1.29, 1.82) is 0 Å². The molecule has 0 spiro atoms. The van der Waals surface area contributed by atoms with Gasteiger partial charge >= 0.3 is 0 Å². The number of rotatable bonds is 2. The van der Waals surface area contributed by atoms with E-state index in [0.717, 1.165) is 44.2 Å². The molecule has 3 fully saturated rings. The van der Waals surface area contributed by atoms with E-state index in [1.807, 2.05) is 0 Å². The van der Waals surface area contributed by atoms with E-state index in [1.54, 1.807) is 0 Å². The minimum Gasteiger partial charge on any atom is -0.374 e. The standard InChI is InChI=1S/C13H20N4O2.ClH/c1-17-5-4-14-7-10(17)12-15-13(19-16-12)9-6-8-2-3-11(9)18-8;/h8-11,14H,2-7H2,1H3;1H. The highest BCUT2D eigenvalue weighted by molar-refractivity contribution is 5.85. The van der Waals surface area contributed by atoms with Crippen molar-refractivity contribution in [2.45, 2.75) is 43.4 Å². The SMILES string of the molecule is CN1CCNCC1c1noc(C2CC3CCC2O3)n1.Cl. The first-order valence-corrected chi connectivity index (χ1v) is 7.21. The van der Waals surface area contributed by atoms with Crippen molar-refractivity contribution in [3.8, 4) is 0 Å². The van der Waals surface area contributed by atoms with Crippen LogP contribution in [0.5, 0.6) is 0 Å². The van der Waals surface area contributed by atoms with Gasteiger partial charge in [-0.25, -0.2) is 0 Å². The molecule has 4 atom stereocenters. The average Bonchev–Trinajstić information content (AvgIpc) is 3.15. The maximum absolute atomic E-state index is 5.86. The summed E-state index contributed by atoms with van der Waals surface area (Å²) >= 11 is 0. The Morgan fingerprint density at radius 2 is 2.25 bits per heavy atom. The van der Waals surface area contributed by atoms with E-state index in [0.29, 0.717) is 18.1 Å². The average molecular weight is 301 g/mol. The Morgan fingerprint density at radius 3 is 2.95 bits per heavy atom. The molecule has 3 aliphatic rings. The van der Waals surface area contributed by atoms with E-state index in [1.165, 1.54) is 6.42 Å². The lowest BCUT2D eigenvalue weighted by atomic mass is 9.89. The molecular weight excluding hydrogens is 280 g/mol. The lowest BCUT2D eigenvalue weighted by molar-refractivity contribution is 0.0974. The van der Waals surface area contributed by atoms with Crippen LogP contribution in [0, 0.1) is 0 Å². The molecule has 0 amide bonds. The largest absolute Gasteiger partial charge is 0.374 e. The van der Waals surface area contributed by atoms with Gasteiger partial charge in [-0.2, -0.15) is 4.98 Å². The summed E-state index contributed by atoms with van der Waals surface area (Å²) in [6, 6.07) is 0.228. The molecular formula is C13H21ClN4O2. The van der Waals surface area contributed by atoms with Crippen LogP contribution < -0.4 is 5.32 Å². The quantitative estimate of drug-likeness (QED) is 0.882. The molecule has 7 heteroatoms. The Kier molecular flexibility index (Phi) is 3.99. The molecule has 6 nitrogen and oxygen atoms in total. The predicted molar refractivity (Wildman–Crippen MR) is 75.0 cm³/mol. The fourth-order valence-corrected chi connectivity index (χ4v) is 3.53. The Bertz CT molecular complexity index is 452. The van der Waals surface area contributed by atoms with Crippen molar-refractivity contribution >= 4 is 12.4 Å². The second-order valence-electron chi connectivity index (χ2n) is 5.91. The second kappa shape index (κ2) is 5.60. The molecule has 0 radical (unpaired) electrons. The van der Waals surface area contributed by atoms with Crippen LogP contribution in [0.1, 0.15) is 42.9 Å². The van der Waals surface area contributed by atoms with Crippen molar-refractivity contribution in [3.05, 3.63) is 11.7 Å². The van der Waals surface area contributed by atoms with Gasteiger partial charge in [0.2, 0.25) is 5.89 Å². The van der Waals surface area contributed by atoms with Crippen LogP contribution in [-0.2, 0) is 4.74 Å². The van der Waals surface area contributed by atoms with Crippen LogP contribution in [0.4, 0.5) is 0 Å². The highest BCUT2D eigenvalue weighted by Crippen LogP contribution is 2.44. The number of piperazine rings is 1. The minimum atomic E-state index is 0. The van der Waals surface area contributed by atoms with Crippen molar-refractivity contribution in [1.82, 2.24) is 20.4 Å². The predicted octanol–water partition coefficient (Wildman–Crippen LogP) is 1.10. The third kappa shape index (κ3) is 2.35. The molecule has 0 aliphatic carbocycles. The monoisotopic (exact) mass is 300 g/mol. The maximum Gasteiger partial charge on any atom is 0.232 e. The van der Waals surface area contributed by atoms with Crippen molar-refractivity contribution in [2.75, 3.05) is 26.7 Å². The molecule has 4 heterocycles. The Labute approximate surface area is 124 Å². The summed E-state index contributed by atoms with van der Waals surface area (Å²) in [6.07, 6.45) is 4.10. The Morgan fingerprint density at radius 1 is 1.35 bits per heavy atom. The molecule has 1 aromatic rings. The van der Waals surface area contributed by atoms with Gasteiger partial charge in [0.1, 0.15) is 0 Å². The summed E-state index contributed by atoms with van der Waals surface area (Å²) in [5.74, 6) is 1.91. The van der Waals surface area contributed by atoms with E-state index in [4.69, 9.17) is 9.26 Å². The lowest BCUT2D eigenvalue weighted by Crippen LogP contribution is -2.44. The molecule has 4 rings (SSSR count).